The summed E-state index contributed by atoms with van der Waals surface area (Å²) in [5.41, 5.74) is 1.08. The van der Waals surface area contributed by atoms with Crippen LogP contribution in [0.15, 0.2) is 36.4 Å². The van der Waals surface area contributed by atoms with Gasteiger partial charge in [0.05, 0.1) is 4.92 Å². The fraction of sp³-hybridized carbons (Fsp3) is 0.381. The molecule has 0 atom stereocenters. The third kappa shape index (κ3) is 3.70. The molecular formula is C21H23N3O5. The maximum absolute atomic E-state index is 12.6. The fourth-order valence-corrected chi connectivity index (χ4v) is 3.86. The van der Waals surface area contributed by atoms with Gasteiger partial charge in [-0.25, -0.2) is 0 Å². The lowest BCUT2D eigenvalue weighted by molar-refractivity contribution is -0.384. The molecule has 1 amide bonds. The molecule has 29 heavy (non-hydrogen) atoms. The molecule has 1 aliphatic carbocycles. The Hall–Kier alpha value is -3.29. The first-order chi connectivity index (χ1) is 13.9. The van der Waals surface area contributed by atoms with Crippen LogP contribution in [-0.4, -0.2) is 30.7 Å². The van der Waals surface area contributed by atoms with E-state index in [1.54, 1.807) is 49.3 Å². The second-order valence-corrected chi connectivity index (χ2v) is 7.65. The molecule has 0 unspecified atom stereocenters. The molecule has 4 rings (SSSR count). The number of nitro groups is 1. The molecule has 2 aromatic carbocycles. The molecule has 1 spiro atoms. The number of amides is 1. The normalized spacial score (nSPS) is 16.5. The van der Waals surface area contributed by atoms with Crippen molar-refractivity contribution in [2.45, 2.75) is 37.9 Å². The molecule has 1 fully saturated rings. The third-order valence-corrected chi connectivity index (χ3v) is 5.32. The SMILES string of the molecule is CN(C)c1ccc(C(=O)Nc2ccc3c(c2)OC2(CCCCC2)O3)cc1[N+](=O)[O-]. The number of fused-ring (bicyclic) bond motifs is 1. The van der Waals surface area contributed by atoms with Crippen LogP contribution in [0.1, 0.15) is 42.5 Å². The highest BCUT2D eigenvalue weighted by molar-refractivity contribution is 6.05. The standard InChI is InChI=1S/C21H23N3O5/c1-23(2)16-8-6-14(12-17(16)24(26)27)20(25)22-15-7-9-18-19(13-15)29-21(28-18)10-4-3-5-11-21/h6-9,12-13H,3-5,10-11H2,1-2H3,(H,22,25). The average molecular weight is 397 g/mol. The number of benzene rings is 2. The minimum Gasteiger partial charge on any atom is -0.448 e. The Bertz CT molecular complexity index is 967. The largest absolute Gasteiger partial charge is 0.448 e. The highest BCUT2D eigenvalue weighted by atomic mass is 16.7. The average Bonchev–Trinajstić information content (AvgIpc) is 3.04. The summed E-state index contributed by atoms with van der Waals surface area (Å²) in [5.74, 6) is 0.283. The van der Waals surface area contributed by atoms with Crippen LogP contribution < -0.4 is 19.7 Å². The zero-order chi connectivity index (χ0) is 20.6. The number of carbonyl (C=O) groups excluding carboxylic acids is 1. The van der Waals surface area contributed by atoms with Gasteiger partial charge in [-0.2, -0.15) is 0 Å². The number of nitrogens with zero attached hydrogens (tertiary/aromatic N) is 2. The van der Waals surface area contributed by atoms with Gasteiger partial charge < -0.3 is 19.7 Å². The van der Waals surface area contributed by atoms with Crippen molar-refractivity contribution >= 4 is 23.0 Å². The topological polar surface area (TPSA) is 93.9 Å². The van der Waals surface area contributed by atoms with E-state index in [4.69, 9.17) is 9.47 Å². The van der Waals surface area contributed by atoms with E-state index in [2.05, 4.69) is 5.32 Å². The smallest absolute Gasteiger partial charge is 0.293 e. The summed E-state index contributed by atoms with van der Waals surface area (Å²) >= 11 is 0. The van der Waals surface area contributed by atoms with Crippen LogP contribution in [0.3, 0.4) is 0 Å². The Labute approximate surface area is 168 Å². The van der Waals surface area contributed by atoms with E-state index >= 15 is 0 Å². The van der Waals surface area contributed by atoms with E-state index in [9.17, 15) is 14.9 Å². The number of nitro benzene ring substituents is 1. The third-order valence-electron chi connectivity index (χ3n) is 5.32. The predicted octanol–water partition coefficient (Wildman–Crippen LogP) is 4.34. The number of rotatable bonds is 4. The predicted molar refractivity (Wildman–Crippen MR) is 109 cm³/mol. The number of carbonyl (C=O) groups is 1. The molecule has 1 N–H and O–H groups in total. The minimum absolute atomic E-state index is 0.118. The van der Waals surface area contributed by atoms with Gasteiger partial charge in [0.2, 0.25) is 0 Å². The lowest BCUT2D eigenvalue weighted by atomic mass is 9.94. The summed E-state index contributed by atoms with van der Waals surface area (Å²) in [6.07, 6.45) is 5.03. The Morgan fingerprint density at radius 1 is 1.07 bits per heavy atom. The minimum atomic E-state index is -0.578. The zero-order valence-electron chi connectivity index (χ0n) is 16.4. The molecule has 0 radical (unpaired) electrons. The molecule has 0 bridgehead atoms. The number of nitrogens with one attached hydrogen (secondary N) is 1. The van der Waals surface area contributed by atoms with Crippen LogP contribution in [0.5, 0.6) is 11.5 Å². The molecule has 1 saturated carbocycles. The molecule has 8 nitrogen and oxygen atoms in total. The van der Waals surface area contributed by atoms with Crippen LogP contribution in [0, 0.1) is 10.1 Å². The number of hydrogen-bond acceptors (Lipinski definition) is 6. The van der Waals surface area contributed by atoms with Gasteiger partial charge in [-0.3, -0.25) is 14.9 Å². The Morgan fingerprint density at radius 3 is 2.48 bits per heavy atom. The number of anilines is 2. The molecule has 0 aromatic heterocycles. The Morgan fingerprint density at radius 2 is 1.79 bits per heavy atom. The molecule has 1 heterocycles. The molecule has 1 aliphatic heterocycles. The van der Waals surface area contributed by atoms with Crippen molar-refractivity contribution in [1.82, 2.24) is 0 Å². The van der Waals surface area contributed by atoms with Gasteiger partial charge in [-0.15, -0.1) is 0 Å². The first-order valence-electron chi connectivity index (χ1n) is 9.66. The number of ether oxygens (including phenoxy) is 2. The maximum atomic E-state index is 12.6. The van der Waals surface area contributed by atoms with Crippen molar-refractivity contribution in [3.8, 4) is 11.5 Å². The van der Waals surface area contributed by atoms with Gasteiger partial charge in [-0.05, 0) is 37.1 Å². The molecule has 8 heteroatoms. The van der Waals surface area contributed by atoms with Gasteiger partial charge in [0.25, 0.3) is 17.4 Å². The lowest BCUT2D eigenvalue weighted by Crippen LogP contribution is -2.40. The first-order valence-corrected chi connectivity index (χ1v) is 9.66. The van der Waals surface area contributed by atoms with Crippen LogP contribution >= 0.6 is 0 Å². The number of hydrogen-bond donors (Lipinski definition) is 1. The molecule has 2 aromatic rings. The molecule has 152 valence electrons. The highest BCUT2D eigenvalue weighted by Gasteiger charge is 2.42. The van der Waals surface area contributed by atoms with E-state index < -0.39 is 16.6 Å². The van der Waals surface area contributed by atoms with Crippen molar-refractivity contribution in [2.75, 3.05) is 24.3 Å². The van der Waals surface area contributed by atoms with Crippen molar-refractivity contribution in [3.63, 3.8) is 0 Å². The zero-order valence-corrected chi connectivity index (χ0v) is 16.4. The summed E-state index contributed by atoms with van der Waals surface area (Å²) in [4.78, 5) is 25.1. The maximum Gasteiger partial charge on any atom is 0.293 e. The monoisotopic (exact) mass is 397 g/mol. The fourth-order valence-electron chi connectivity index (χ4n) is 3.86. The van der Waals surface area contributed by atoms with E-state index in [1.165, 1.54) is 12.5 Å². The van der Waals surface area contributed by atoms with Crippen LogP contribution in [0.25, 0.3) is 0 Å². The van der Waals surface area contributed by atoms with E-state index in [-0.39, 0.29) is 11.3 Å². The van der Waals surface area contributed by atoms with Crippen molar-refractivity contribution < 1.29 is 19.2 Å². The van der Waals surface area contributed by atoms with Gasteiger partial charge in [-0.1, -0.05) is 6.42 Å². The molecular weight excluding hydrogens is 374 g/mol. The summed E-state index contributed by atoms with van der Waals surface area (Å²) in [6, 6.07) is 9.69. The summed E-state index contributed by atoms with van der Waals surface area (Å²) in [5, 5.41) is 14.1. The van der Waals surface area contributed by atoms with E-state index in [1.807, 2.05) is 0 Å². The quantitative estimate of drug-likeness (QED) is 0.609. The van der Waals surface area contributed by atoms with E-state index in [0.29, 0.717) is 22.9 Å². The van der Waals surface area contributed by atoms with Gasteiger partial charge >= 0.3 is 0 Å². The van der Waals surface area contributed by atoms with Gasteiger partial charge in [0.1, 0.15) is 5.69 Å². The highest BCUT2D eigenvalue weighted by Crippen LogP contribution is 2.46. The van der Waals surface area contributed by atoms with Crippen molar-refractivity contribution in [1.29, 1.82) is 0 Å². The van der Waals surface area contributed by atoms with Gasteiger partial charge in [0.15, 0.2) is 11.5 Å². The van der Waals surface area contributed by atoms with Gasteiger partial charge in [0, 0.05) is 50.3 Å². The van der Waals surface area contributed by atoms with Crippen molar-refractivity contribution in [2.24, 2.45) is 0 Å². The summed E-state index contributed by atoms with van der Waals surface area (Å²) in [6.45, 7) is 0. The lowest BCUT2D eigenvalue weighted by Gasteiger charge is -2.31. The van der Waals surface area contributed by atoms with Crippen LogP contribution in [0.2, 0.25) is 0 Å². The Balaban J connectivity index is 1.52. The van der Waals surface area contributed by atoms with Crippen LogP contribution in [0.4, 0.5) is 17.1 Å². The van der Waals surface area contributed by atoms with Crippen LogP contribution in [-0.2, 0) is 0 Å². The second kappa shape index (κ2) is 7.27. The second-order valence-electron chi connectivity index (χ2n) is 7.65. The first kappa shape index (κ1) is 19.0. The molecule has 2 aliphatic rings. The van der Waals surface area contributed by atoms with E-state index in [0.717, 1.165) is 25.7 Å². The summed E-state index contributed by atoms with van der Waals surface area (Å²) < 4.78 is 12.1. The summed E-state index contributed by atoms with van der Waals surface area (Å²) in [7, 11) is 3.43. The molecule has 0 saturated heterocycles. The Kier molecular flexibility index (Phi) is 4.77. The van der Waals surface area contributed by atoms with Crippen molar-refractivity contribution in [3.05, 3.63) is 52.1 Å².